The second kappa shape index (κ2) is 8.82. The summed E-state index contributed by atoms with van der Waals surface area (Å²) in [4.78, 5) is 36.5. The van der Waals surface area contributed by atoms with Crippen LogP contribution in [0.3, 0.4) is 0 Å². The van der Waals surface area contributed by atoms with Gasteiger partial charge < -0.3 is 15.3 Å². The van der Waals surface area contributed by atoms with Crippen molar-refractivity contribution < 1.29 is 36.3 Å². The highest BCUT2D eigenvalue weighted by Crippen LogP contribution is 2.49. The van der Waals surface area contributed by atoms with Gasteiger partial charge in [-0.15, -0.1) is 0 Å². The third-order valence-corrected chi connectivity index (χ3v) is 6.34. The summed E-state index contributed by atoms with van der Waals surface area (Å²) in [5.41, 5.74) is -0.217. The lowest BCUT2D eigenvalue weighted by molar-refractivity contribution is -0.160. The molecule has 0 radical (unpaired) electrons. The summed E-state index contributed by atoms with van der Waals surface area (Å²) < 4.78 is 32.8. The molecule has 3 atom stereocenters. The van der Waals surface area contributed by atoms with Crippen molar-refractivity contribution in [1.82, 2.24) is 10.2 Å². The number of carboxylic acid groups (broad SMARTS) is 1. The largest absolute Gasteiger partial charge is 0.477 e. The molecule has 0 bridgehead atoms. The highest BCUT2D eigenvalue weighted by Gasteiger charge is 2.58. The Bertz CT molecular complexity index is 854. The van der Waals surface area contributed by atoms with E-state index in [9.17, 15) is 27.9 Å². The molecule has 1 fully saturated rings. The van der Waals surface area contributed by atoms with E-state index < -0.39 is 40.3 Å². The van der Waals surface area contributed by atoms with Crippen LogP contribution in [0.1, 0.15) is 27.2 Å². The summed E-state index contributed by atoms with van der Waals surface area (Å²) in [5.74, 6) is -3.06. The maximum absolute atomic E-state index is 12.5. The molecule has 0 aromatic heterocycles. The van der Waals surface area contributed by atoms with Gasteiger partial charge in [-0.05, 0) is 13.8 Å². The SMILES string of the molecule is CCOS(=O)(=O)O[C@@H](C)[C@@H]1C(=O)N2C(C(=O)O)=C(SC(Cl)=CNC(C)=O)C[C@H]12. The molecule has 10 nitrogen and oxygen atoms in total. The first-order chi connectivity index (χ1) is 13.0. The molecule has 2 aliphatic rings. The number of rotatable bonds is 9. The average Bonchev–Trinajstić information content (AvgIpc) is 2.86. The molecule has 2 N–H and O–H groups in total. The van der Waals surface area contributed by atoms with Crippen molar-refractivity contribution in [2.45, 2.75) is 39.3 Å². The van der Waals surface area contributed by atoms with Crippen LogP contribution < -0.4 is 5.32 Å². The summed E-state index contributed by atoms with van der Waals surface area (Å²) in [6, 6.07) is -0.571. The molecule has 2 heterocycles. The first-order valence-electron chi connectivity index (χ1n) is 8.16. The summed E-state index contributed by atoms with van der Waals surface area (Å²) in [5, 5.41) is 11.9. The number of carboxylic acids is 1. The second-order valence-electron chi connectivity index (χ2n) is 5.95. The van der Waals surface area contributed by atoms with Crippen molar-refractivity contribution in [3.05, 3.63) is 21.2 Å². The molecule has 28 heavy (non-hydrogen) atoms. The minimum absolute atomic E-state index is 0.110. The van der Waals surface area contributed by atoms with Gasteiger partial charge >= 0.3 is 16.4 Å². The van der Waals surface area contributed by atoms with Gasteiger partial charge in [0.25, 0.3) is 0 Å². The van der Waals surface area contributed by atoms with E-state index in [1.165, 1.54) is 27.0 Å². The molecule has 0 aliphatic carbocycles. The molecule has 1 saturated heterocycles. The molecule has 2 amide bonds. The normalized spacial score (nSPS) is 23.4. The summed E-state index contributed by atoms with van der Waals surface area (Å²) in [6.07, 6.45) is 0.348. The second-order valence-corrected chi connectivity index (χ2v) is 8.96. The number of nitrogens with zero attached hydrogens (tertiary/aromatic N) is 1. The minimum Gasteiger partial charge on any atom is -0.477 e. The Morgan fingerprint density at radius 3 is 2.68 bits per heavy atom. The molecule has 0 aromatic rings. The van der Waals surface area contributed by atoms with Crippen LogP contribution in [-0.2, 0) is 33.1 Å². The predicted octanol–water partition coefficient (Wildman–Crippen LogP) is 1.11. The molecular weight excluding hydrogens is 436 g/mol. The monoisotopic (exact) mass is 454 g/mol. The van der Waals surface area contributed by atoms with Crippen molar-refractivity contribution in [1.29, 1.82) is 0 Å². The van der Waals surface area contributed by atoms with E-state index in [0.717, 1.165) is 16.7 Å². The number of aliphatic carboxylic acids is 1. The zero-order valence-electron chi connectivity index (χ0n) is 15.2. The zero-order chi connectivity index (χ0) is 21.2. The lowest BCUT2D eigenvalue weighted by Crippen LogP contribution is -2.62. The van der Waals surface area contributed by atoms with Crippen molar-refractivity contribution in [3.63, 3.8) is 0 Å². The van der Waals surface area contributed by atoms with Gasteiger partial charge in [-0.2, -0.15) is 8.42 Å². The number of thioether (sulfide) groups is 1. The predicted molar refractivity (Wildman–Crippen MR) is 99.8 cm³/mol. The minimum atomic E-state index is -4.26. The van der Waals surface area contributed by atoms with Gasteiger partial charge in [-0.3, -0.25) is 9.59 Å². The van der Waals surface area contributed by atoms with E-state index in [1.807, 2.05) is 0 Å². The number of amides is 2. The van der Waals surface area contributed by atoms with Gasteiger partial charge in [0.05, 0.1) is 29.0 Å². The van der Waals surface area contributed by atoms with Crippen LogP contribution in [0.25, 0.3) is 0 Å². The van der Waals surface area contributed by atoms with E-state index in [0.29, 0.717) is 4.91 Å². The number of carbonyl (C=O) groups excluding carboxylic acids is 2. The third-order valence-electron chi connectivity index (χ3n) is 4.02. The highest BCUT2D eigenvalue weighted by molar-refractivity contribution is 8.08. The number of halogens is 1. The number of hydrogen-bond donors (Lipinski definition) is 2. The van der Waals surface area contributed by atoms with Crippen molar-refractivity contribution in [3.8, 4) is 0 Å². The third kappa shape index (κ3) is 4.87. The lowest BCUT2D eigenvalue weighted by atomic mass is 9.83. The number of fused-ring (bicyclic) bond motifs is 1. The van der Waals surface area contributed by atoms with Crippen LogP contribution in [0, 0.1) is 5.92 Å². The van der Waals surface area contributed by atoms with Gasteiger partial charge in [-0.1, -0.05) is 23.4 Å². The molecular formula is C15H19ClN2O8S2. The zero-order valence-corrected chi connectivity index (χ0v) is 17.6. The Kier molecular flexibility index (Phi) is 7.15. The molecule has 0 aromatic carbocycles. The van der Waals surface area contributed by atoms with Crippen molar-refractivity contribution in [2.75, 3.05) is 6.61 Å². The molecule has 2 aliphatic heterocycles. The first-order valence-corrected chi connectivity index (χ1v) is 10.7. The molecule has 13 heteroatoms. The Balaban J connectivity index is 2.17. The summed E-state index contributed by atoms with van der Waals surface area (Å²) in [7, 11) is -4.26. The van der Waals surface area contributed by atoms with Gasteiger partial charge in [0.2, 0.25) is 11.8 Å². The molecule has 0 saturated carbocycles. The standard InChI is InChI=1S/C15H19ClN2O8S2/c1-4-25-28(23,24)26-7(2)12-9-5-10(27-11(16)6-17-8(3)19)13(15(21)22)18(9)14(12)20/h6-7,9,12H,4-5H2,1-3H3,(H,17,19)(H,21,22)/t7-,9+,12-/m0/s1. The maximum Gasteiger partial charge on any atom is 0.400 e. The highest BCUT2D eigenvalue weighted by atomic mass is 35.5. The number of carbonyl (C=O) groups is 3. The topological polar surface area (TPSA) is 139 Å². The molecule has 0 spiro atoms. The van der Waals surface area contributed by atoms with Crippen LogP contribution >= 0.6 is 23.4 Å². The Morgan fingerprint density at radius 1 is 1.50 bits per heavy atom. The molecule has 156 valence electrons. The quantitative estimate of drug-likeness (QED) is 0.490. The Morgan fingerprint density at radius 2 is 2.14 bits per heavy atom. The van der Waals surface area contributed by atoms with Gasteiger partial charge in [0, 0.05) is 24.4 Å². The Labute approximate surface area is 171 Å². The van der Waals surface area contributed by atoms with Gasteiger partial charge in [-0.25, -0.2) is 13.2 Å². The van der Waals surface area contributed by atoms with Crippen LogP contribution in [0.2, 0.25) is 0 Å². The van der Waals surface area contributed by atoms with Crippen molar-refractivity contribution in [2.24, 2.45) is 5.92 Å². The summed E-state index contributed by atoms with van der Waals surface area (Å²) in [6.45, 7) is 4.05. The first kappa shape index (κ1) is 22.7. The number of β-lactam (4-membered cyclic amide) rings is 1. The number of nitrogens with one attached hydrogen (secondary N) is 1. The van der Waals surface area contributed by atoms with Gasteiger partial charge in [0.1, 0.15) is 5.70 Å². The van der Waals surface area contributed by atoms with Crippen LogP contribution in [0.5, 0.6) is 0 Å². The number of hydrogen-bond acceptors (Lipinski definition) is 8. The van der Waals surface area contributed by atoms with Gasteiger partial charge in [0.15, 0.2) is 0 Å². The fraction of sp³-hybridized carbons (Fsp3) is 0.533. The van der Waals surface area contributed by atoms with Crippen molar-refractivity contribution >= 4 is 51.5 Å². The van der Waals surface area contributed by atoms with E-state index in [4.69, 9.17) is 15.8 Å². The molecule has 0 unspecified atom stereocenters. The van der Waals surface area contributed by atoms with Crippen LogP contribution in [0.4, 0.5) is 0 Å². The van der Waals surface area contributed by atoms with Crippen LogP contribution in [-0.4, -0.2) is 55.0 Å². The lowest BCUT2D eigenvalue weighted by Gasteiger charge is -2.45. The summed E-state index contributed by atoms with van der Waals surface area (Å²) >= 11 is 6.91. The van der Waals surface area contributed by atoms with E-state index in [2.05, 4.69) is 9.50 Å². The van der Waals surface area contributed by atoms with E-state index >= 15 is 0 Å². The smallest absolute Gasteiger partial charge is 0.400 e. The Hall–Kier alpha value is -1.60. The fourth-order valence-electron chi connectivity index (χ4n) is 3.03. The maximum atomic E-state index is 12.5. The average molecular weight is 455 g/mol. The fourth-order valence-corrected chi connectivity index (χ4v) is 5.09. The van der Waals surface area contributed by atoms with Crippen LogP contribution in [0.15, 0.2) is 21.2 Å². The van der Waals surface area contributed by atoms with E-state index in [1.54, 1.807) is 0 Å². The molecule has 2 rings (SSSR count). The van der Waals surface area contributed by atoms with E-state index in [-0.39, 0.29) is 29.0 Å².